The maximum atomic E-state index is 13.4. The molecule has 0 bridgehead atoms. The summed E-state index contributed by atoms with van der Waals surface area (Å²) in [5, 5.41) is 10.3. The lowest BCUT2D eigenvalue weighted by molar-refractivity contribution is 0.301. The summed E-state index contributed by atoms with van der Waals surface area (Å²) in [6.45, 7) is 4.10. The first kappa shape index (κ1) is 10.6. The minimum atomic E-state index is -0.278. The normalized spacial score (nSPS) is 10.4. The largest absolute Gasteiger partial charge is 0.377 e. The van der Waals surface area contributed by atoms with Gasteiger partial charge in [-0.15, -0.1) is 0 Å². The number of anilines is 1. The monoisotopic (exact) mass is 221 g/mol. The molecule has 0 aliphatic rings. The minimum absolute atomic E-state index is 0.278. The second-order valence-electron chi connectivity index (χ2n) is 3.63. The van der Waals surface area contributed by atoms with E-state index in [0.29, 0.717) is 23.6 Å². The molecule has 0 spiro atoms. The number of halogens is 1. The number of rotatable bonds is 3. The van der Waals surface area contributed by atoms with Gasteiger partial charge >= 0.3 is 0 Å². The van der Waals surface area contributed by atoms with E-state index in [9.17, 15) is 4.39 Å². The van der Waals surface area contributed by atoms with E-state index in [1.54, 1.807) is 19.1 Å². The Morgan fingerprint density at radius 2 is 2.12 bits per heavy atom. The van der Waals surface area contributed by atoms with E-state index in [0.717, 1.165) is 5.56 Å². The molecular formula is C11H12FN3O. The van der Waals surface area contributed by atoms with Gasteiger partial charge in [-0.25, -0.2) is 9.02 Å². The second kappa shape index (κ2) is 4.30. The van der Waals surface area contributed by atoms with Gasteiger partial charge in [-0.2, -0.15) is 0 Å². The quantitative estimate of drug-likeness (QED) is 0.864. The van der Waals surface area contributed by atoms with Crippen molar-refractivity contribution in [3.05, 3.63) is 41.0 Å². The van der Waals surface area contributed by atoms with Crippen LogP contribution in [0.15, 0.2) is 22.8 Å². The molecule has 16 heavy (non-hydrogen) atoms. The van der Waals surface area contributed by atoms with E-state index in [-0.39, 0.29) is 5.82 Å². The molecule has 1 aromatic carbocycles. The molecule has 2 aromatic rings. The Balaban J connectivity index is 2.10. The molecule has 0 unspecified atom stereocenters. The topological polar surface area (TPSA) is 51.0 Å². The van der Waals surface area contributed by atoms with Crippen LogP contribution in [0.3, 0.4) is 0 Å². The van der Waals surface area contributed by atoms with Crippen LogP contribution in [0.1, 0.15) is 17.0 Å². The van der Waals surface area contributed by atoms with Crippen LogP contribution in [0.5, 0.6) is 0 Å². The number of hydrogen-bond donors (Lipinski definition) is 1. The summed E-state index contributed by atoms with van der Waals surface area (Å²) in [4.78, 5) is 0. The molecule has 0 saturated heterocycles. The van der Waals surface area contributed by atoms with Crippen LogP contribution >= 0.6 is 0 Å². The fourth-order valence-electron chi connectivity index (χ4n) is 1.36. The van der Waals surface area contributed by atoms with Crippen molar-refractivity contribution in [3.8, 4) is 0 Å². The van der Waals surface area contributed by atoms with Crippen LogP contribution in [0, 0.1) is 19.7 Å². The molecule has 0 amide bonds. The van der Waals surface area contributed by atoms with Crippen molar-refractivity contribution < 1.29 is 9.02 Å². The summed E-state index contributed by atoms with van der Waals surface area (Å²) >= 11 is 0. The lowest BCUT2D eigenvalue weighted by Crippen LogP contribution is -2.03. The summed E-state index contributed by atoms with van der Waals surface area (Å²) < 4.78 is 17.9. The fraction of sp³-hybridized carbons (Fsp3) is 0.273. The van der Waals surface area contributed by atoms with Crippen LogP contribution in [-0.4, -0.2) is 10.3 Å². The Morgan fingerprint density at radius 1 is 1.31 bits per heavy atom. The van der Waals surface area contributed by atoms with E-state index in [1.807, 2.05) is 6.92 Å². The summed E-state index contributed by atoms with van der Waals surface area (Å²) in [5.74, 6) is -0.278. The Labute approximate surface area is 92.4 Å². The number of nitrogens with zero attached hydrogens (tertiary/aromatic N) is 2. The van der Waals surface area contributed by atoms with Crippen LogP contribution in [-0.2, 0) is 6.54 Å². The molecule has 5 heteroatoms. The zero-order valence-electron chi connectivity index (χ0n) is 9.12. The molecule has 0 saturated carbocycles. The first-order valence-electron chi connectivity index (χ1n) is 4.95. The molecule has 84 valence electrons. The van der Waals surface area contributed by atoms with E-state index in [4.69, 9.17) is 0 Å². The molecule has 2 rings (SSSR count). The van der Waals surface area contributed by atoms with Gasteiger partial charge in [-0.3, -0.25) is 0 Å². The second-order valence-corrected chi connectivity index (χ2v) is 3.63. The molecule has 0 fully saturated rings. The third-order valence-electron chi connectivity index (χ3n) is 2.31. The van der Waals surface area contributed by atoms with Gasteiger partial charge in [0.1, 0.15) is 17.2 Å². The van der Waals surface area contributed by atoms with Crippen molar-refractivity contribution in [1.29, 1.82) is 0 Å². The molecule has 0 aliphatic carbocycles. The number of hydrogen-bond acceptors (Lipinski definition) is 4. The van der Waals surface area contributed by atoms with Crippen molar-refractivity contribution in [2.75, 3.05) is 5.32 Å². The third kappa shape index (κ3) is 2.18. The Kier molecular flexibility index (Phi) is 2.85. The Bertz CT molecular complexity index is 496. The molecule has 0 atom stereocenters. The van der Waals surface area contributed by atoms with Gasteiger partial charge in [0.2, 0.25) is 0 Å². The zero-order valence-corrected chi connectivity index (χ0v) is 9.12. The third-order valence-corrected chi connectivity index (χ3v) is 2.31. The molecule has 4 nitrogen and oxygen atoms in total. The van der Waals surface area contributed by atoms with Gasteiger partial charge in [0.25, 0.3) is 0 Å². The van der Waals surface area contributed by atoms with Crippen molar-refractivity contribution >= 4 is 5.69 Å². The standard InChI is InChI=1S/C11H12FN3O/c1-7-3-4-9(12)10(5-7)13-6-11-8(2)14-16-15-11/h3-5,13H,6H2,1-2H3. The van der Waals surface area contributed by atoms with E-state index in [1.165, 1.54) is 6.07 Å². The van der Waals surface area contributed by atoms with Gasteiger partial charge < -0.3 is 5.32 Å². The number of benzene rings is 1. The Hall–Kier alpha value is -1.91. The highest BCUT2D eigenvalue weighted by atomic mass is 19.1. The fourth-order valence-corrected chi connectivity index (χ4v) is 1.36. The van der Waals surface area contributed by atoms with Crippen molar-refractivity contribution in [2.24, 2.45) is 0 Å². The van der Waals surface area contributed by atoms with Crippen LogP contribution in [0.25, 0.3) is 0 Å². The lowest BCUT2D eigenvalue weighted by atomic mass is 10.2. The summed E-state index contributed by atoms with van der Waals surface area (Å²) in [6, 6.07) is 4.91. The number of aromatic nitrogens is 2. The summed E-state index contributed by atoms with van der Waals surface area (Å²) in [5.41, 5.74) is 2.85. The van der Waals surface area contributed by atoms with Crippen molar-refractivity contribution in [2.45, 2.75) is 20.4 Å². The van der Waals surface area contributed by atoms with E-state index >= 15 is 0 Å². The number of aryl methyl sites for hydroxylation is 2. The van der Waals surface area contributed by atoms with Crippen molar-refractivity contribution in [1.82, 2.24) is 10.3 Å². The maximum absolute atomic E-state index is 13.4. The predicted octanol–water partition coefficient (Wildman–Crippen LogP) is 2.44. The SMILES string of the molecule is Cc1ccc(F)c(NCc2nonc2C)c1. The van der Waals surface area contributed by atoms with Gasteiger partial charge in [0.15, 0.2) is 0 Å². The minimum Gasteiger partial charge on any atom is -0.377 e. The highest BCUT2D eigenvalue weighted by Crippen LogP contribution is 2.16. The smallest absolute Gasteiger partial charge is 0.146 e. The zero-order chi connectivity index (χ0) is 11.5. The lowest BCUT2D eigenvalue weighted by Gasteiger charge is -2.06. The van der Waals surface area contributed by atoms with Crippen LogP contribution in [0.4, 0.5) is 10.1 Å². The van der Waals surface area contributed by atoms with Gasteiger partial charge in [0, 0.05) is 0 Å². The molecule has 0 aliphatic heterocycles. The van der Waals surface area contributed by atoms with E-state index < -0.39 is 0 Å². The van der Waals surface area contributed by atoms with E-state index in [2.05, 4.69) is 20.3 Å². The number of nitrogens with one attached hydrogen (secondary N) is 1. The Morgan fingerprint density at radius 3 is 2.81 bits per heavy atom. The van der Waals surface area contributed by atoms with Crippen LogP contribution < -0.4 is 5.32 Å². The highest BCUT2D eigenvalue weighted by Gasteiger charge is 2.06. The molecular weight excluding hydrogens is 209 g/mol. The van der Waals surface area contributed by atoms with Gasteiger partial charge in [-0.1, -0.05) is 16.4 Å². The first-order valence-corrected chi connectivity index (χ1v) is 4.95. The summed E-state index contributed by atoms with van der Waals surface area (Å²) in [6.07, 6.45) is 0. The average Bonchev–Trinajstić information content (AvgIpc) is 2.66. The first-order chi connectivity index (χ1) is 7.66. The molecule has 1 N–H and O–H groups in total. The summed E-state index contributed by atoms with van der Waals surface area (Å²) in [7, 11) is 0. The van der Waals surface area contributed by atoms with Gasteiger partial charge in [0.05, 0.1) is 12.2 Å². The van der Waals surface area contributed by atoms with Crippen molar-refractivity contribution in [3.63, 3.8) is 0 Å². The highest BCUT2D eigenvalue weighted by molar-refractivity contribution is 5.47. The molecule has 1 heterocycles. The molecule has 1 aromatic heterocycles. The molecule has 0 radical (unpaired) electrons. The average molecular weight is 221 g/mol. The van der Waals surface area contributed by atoms with Crippen LogP contribution in [0.2, 0.25) is 0 Å². The maximum Gasteiger partial charge on any atom is 0.146 e. The van der Waals surface area contributed by atoms with Gasteiger partial charge in [-0.05, 0) is 31.5 Å². The predicted molar refractivity (Wildman–Crippen MR) is 57.5 cm³/mol.